The lowest BCUT2D eigenvalue weighted by atomic mass is 9.87. The predicted octanol–water partition coefficient (Wildman–Crippen LogP) is 7.31. The zero-order valence-corrected chi connectivity index (χ0v) is 31.4. The number of hydrogen-bond donors (Lipinski definition) is 2. The molecule has 4 aromatic carbocycles. The largest absolute Gasteiger partial charge is 0.339 e. The lowest BCUT2D eigenvalue weighted by molar-refractivity contribution is -0.126. The van der Waals surface area contributed by atoms with E-state index < -0.39 is 10.0 Å². The molecule has 2 fully saturated rings. The molecule has 0 aliphatic carbocycles. The van der Waals surface area contributed by atoms with Crippen molar-refractivity contribution in [3.8, 4) is 11.1 Å². The Kier molecular flexibility index (Phi) is 13.3. The van der Waals surface area contributed by atoms with E-state index >= 15 is 0 Å². The van der Waals surface area contributed by atoms with Gasteiger partial charge in [-0.3, -0.25) is 9.59 Å². The Bertz CT molecular complexity index is 1950. The summed E-state index contributed by atoms with van der Waals surface area (Å²) in [6, 6.07) is 32.2. The minimum absolute atomic E-state index is 0.0563. The summed E-state index contributed by atoms with van der Waals surface area (Å²) in [5, 5.41) is 8.74. The van der Waals surface area contributed by atoms with Crippen LogP contribution >= 0.6 is 0 Å². The lowest BCUT2D eigenvalue weighted by Gasteiger charge is -2.32. The van der Waals surface area contributed by atoms with Crippen LogP contribution in [0.15, 0.2) is 114 Å². The highest BCUT2D eigenvalue weighted by molar-refractivity contribution is 7.89. The number of nitrogens with two attached hydrogens (primary N) is 1. The summed E-state index contributed by atoms with van der Waals surface area (Å²) in [5.74, 6) is 1.56. The third kappa shape index (κ3) is 11.2. The summed E-state index contributed by atoms with van der Waals surface area (Å²) in [4.78, 5) is 31.1. The number of benzene rings is 4. The van der Waals surface area contributed by atoms with Crippen molar-refractivity contribution in [2.45, 2.75) is 62.8 Å². The highest BCUT2D eigenvalue weighted by atomic mass is 32.2. The number of hydrogen-bond acceptors (Lipinski definition) is 5. The zero-order valence-electron chi connectivity index (χ0n) is 30.5. The van der Waals surface area contributed by atoms with Crippen LogP contribution in [0, 0.1) is 11.8 Å². The van der Waals surface area contributed by atoms with Crippen LogP contribution in [0.2, 0.25) is 0 Å². The first-order chi connectivity index (χ1) is 25.7. The van der Waals surface area contributed by atoms with Crippen molar-refractivity contribution in [2.75, 3.05) is 32.7 Å². The molecular formula is C44H52N4O4S. The van der Waals surface area contributed by atoms with Gasteiger partial charge in [-0.15, -0.1) is 0 Å². The van der Waals surface area contributed by atoms with Crippen LogP contribution in [0.4, 0.5) is 0 Å². The normalized spacial score (nSPS) is 15.8. The second-order valence-corrected chi connectivity index (χ2v) is 16.1. The van der Waals surface area contributed by atoms with Crippen molar-refractivity contribution in [1.29, 1.82) is 0 Å². The first-order valence-corrected chi connectivity index (χ1v) is 20.6. The van der Waals surface area contributed by atoms with Gasteiger partial charge in [0.2, 0.25) is 15.9 Å². The van der Waals surface area contributed by atoms with Gasteiger partial charge in [-0.1, -0.05) is 92.1 Å². The minimum Gasteiger partial charge on any atom is -0.339 e. The predicted molar refractivity (Wildman–Crippen MR) is 212 cm³/mol. The molecule has 6 rings (SSSR count). The van der Waals surface area contributed by atoms with Crippen molar-refractivity contribution in [2.24, 2.45) is 17.0 Å². The van der Waals surface area contributed by atoms with Crippen LogP contribution in [0.5, 0.6) is 0 Å². The van der Waals surface area contributed by atoms with Gasteiger partial charge in [0.25, 0.3) is 5.91 Å². The summed E-state index contributed by atoms with van der Waals surface area (Å²) in [6.07, 6.45) is 12.6. The van der Waals surface area contributed by atoms with Gasteiger partial charge in [0.1, 0.15) is 0 Å². The first kappa shape index (κ1) is 38.2. The Hall–Kier alpha value is -4.57. The second kappa shape index (κ2) is 18.5. The van der Waals surface area contributed by atoms with Crippen LogP contribution in [-0.4, -0.2) is 62.8 Å². The number of rotatable bonds is 14. The molecule has 0 aromatic heterocycles. The molecule has 3 N–H and O–H groups in total. The third-order valence-corrected chi connectivity index (χ3v) is 11.7. The molecular weight excluding hydrogens is 681 g/mol. The third-order valence-electron chi connectivity index (χ3n) is 10.8. The fourth-order valence-corrected chi connectivity index (χ4v) is 8.10. The Morgan fingerprint density at radius 2 is 1.43 bits per heavy atom. The molecule has 2 amide bonds. The van der Waals surface area contributed by atoms with Gasteiger partial charge in [0.15, 0.2) is 0 Å². The maximum Gasteiger partial charge on any atom is 0.253 e. The van der Waals surface area contributed by atoms with Crippen molar-refractivity contribution in [3.05, 3.63) is 131 Å². The van der Waals surface area contributed by atoms with E-state index in [4.69, 9.17) is 5.14 Å². The van der Waals surface area contributed by atoms with Gasteiger partial charge in [0.05, 0.1) is 4.90 Å². The standard InChI is InChI=1S/C44H52N4O4S/c45-53(51,52)42-18-15-37(16-19-42)25-30-48(43(49)20-17-34-7-2-1-3-8-34)33-38-11-5-12-39(31-38)40-13-6-14-41(32-40)44(50)47-28-23-36(24-29-47)10-4-9-35-21-26-46-27-22-35/h1-3,5-8,11-20,31-32,35-36,46H,4,9-10,21-30,33H2,(H2,45,51,52)/b20-17+. The van der Waals surface area contributed by atoms with Crippen LogP contribution in [0.1, 0.15) is 72.0 Å². The number of likely N-dealkylation sites (tertiary alicyclic amines) is 1. The van der Waals surface area contributed by atoms with Gasteiger partial charge in [-0.05, 0) is 121 Å². The quantitative estimate of drug-likeness (QED) is 0.132. The van der Waals surface area contributed by atoms with Gasteiger partial charge >= 0.3 is 0 Å². The molecule has 0 atom stereocenters. The molecule has 53 heavy (non-hydrogen) atoms. The number of nitrogens with zero attached hydrogens (tertiary/aromatic N) is 2. The molecule has 0 bridgehead atoms. The maximum atomic E-state index is 13.7. The maximum absolute atomic E-state index is 13.7. The molecule has 0 unspecified atom stereocenters. The summed E-state index contributed by atoms with van der Waals surface area (Å²) >= 11 is 0. The summed E-state index contributed by atoms with van der Waals surface area (Å²) in [6.45, 7) is 4.76. The van der Waals surface area contributed by atoms with Crippen molar-refractivity contribution >= 4 is 27.9 Å². The summed E-state index contributed by atoms with van der Waals surface area (Å²) < 4.78 is 23.4. The first-order valence-electron chi connectivity index (χ1n) is 19.0. The Morgan fingerprint density at radius 1 is 0.774 bits per heavy atom. The summed E-state index contributed by atoms with van der Waals surface area (Å²) in [7, 11) is -3.78. The van der Waals surface area contributed by atoms with Crippen molar-refractivity contribution in [3.63, 3.8) is 0 Å². The van der Waals surface area contributed by atoms with E-state index in [0.717, 1.165) is 72.8 Å². The molecule has 9 heteroatoms. The van der Waals surface area contributed by atoms with Crippen LogP contribution in [-0.2, 0) is 27.8 Å². The van der Waals surface area contributed by atoms with E-state index in [-0.39, 0.29) is 16.7 Å². The SMILES string of the molecule is NS(=O)(=O)c1ccc(CCN(Cc2cccc(-c3cccc(C(=O)N4CCC(CCCC5CCNCC5)CC4)c3)c2)C(=O)/C=C/c2ccccc2)cc1. The summed E-state index contributed by atoms with van der Waals surface area (Å²) in [5.41, 5.74) is 5.44. The number of nitrogens with one attached hydrogen (secondary N) is 1. The fraction of sp³-hybridized carbons (Fsp3) is 0.364. The molecule has 4 aromatic rings. The molecule has 2 saturated heterocycles. The molecule has 8 nitrogen and oxygen atoms in total. The van der Waals surface area contributed by atoms with Crippen molar-refractivity contribution < 1.29 is 18.0 Å². The average molecular weight is 733 g/mol. The van der Waals surface area contributed by atoms with Crippen LogP contribution < -0.4 is 10.5 Å². The number of amides is 2. The van der Waals surface area contributed by atoms with Crippen molar-refractivity contribution in [1.82, 2.24) is 15.1 Å². The van der Waals surface area contributed by atoms with Gasteiger partial charge < -0.3 is 15.1 Å². The minimum atomic E-state index is -3.78. The smallest absolute Gasteiger partial charge is 0.253 e. The molecule has 2 aliphatic heterocycles. The highest BCUT2D eigenvalue weighted by Crippen LogP contribution is 2.28. The number of piperidine rings is 2. The van der Waals surface area contributed by atoms with E-state index in [1.807, 2.05) is 83.8 Å². The van der Waals surface area contributed by atoms with Crippen LogP contribution in [0.25, 0.3) is 17.2 Å². The number of carbonyl (C=O) groups excluding carboxylic acids is 2. The van der Waals surface area contributed by atoms with E-state index in [1.165, 1.54) is 44.2 Å². The van der Waals surface area contributed by atoms with Crippen LogP contribution in [0.3, 0.4) is 0 Å². The molecule has 0 spiro atoms. The Labute approximate surface area is 315 Å². The molecule has 2 aliphatic rings. The Balaban J connectivity index is 1.09. The van der Waals surface area contributed by atoms with E-state index in [0.29, 0.717) is 31.0 Å². The lowest BCUT2D eigenvalue weighted by Crippen LogP contribution is -2.38. The topological polar surface area (TPSA) is 113 Å². The number of carbonyl (C=O) groups is 2. The molecule has 0 radical (unpaired) electrons. The molecule has 278 valence electrons. The second-order valence-electron chi connectivity index (χ2n) is 14.6. The van der Waals surface area contributed by atoms with E-state index in [1.54, 1.807) is 23.1 Å². The molecule has 0 saturated carbocycles. The average Bonchev–Trinajstić information content (AvgIpc) is 3.19. The Morgan fingerprint density at radius 3 is 2.13 bits per heavy atom. The zero-order chi connectivity index (χ0) is 37.0. The monoisotopic (exact) mass is 732 g/mol. The van der Waals surface area contributed by atoms with E-state index in [9.17, 15) is 18.0 Å². The van der Waals surface area contributed by atoms with Gasteiger partial charge in [-0.25, -0.2) is 13.6 Å². The van der Waals surface area contributed by atoms with Gasteiger partial charge in [0, 0.05) is 37.8 Å². The fourth-order valence-electron chi connectivity index (χ4n) is 7.59. The highest BCUT2D eigenvalue weighted by Gasteiger charge is 2.24. The molecule has 2 heterocycles. The van der Waals surface area contributed by atoms with E-state index in [2.05, 4.69) is 11.4 Å². The van der Waals surface area contributed by atoms with Gasteiger partial charge in [-0.2, -0.15) is 0 Å². The number of primary sulfonamides is 1. The number of sulfonamides is 1.